The van der Waals surface area contributed by atoms with Crippen LogP contribution in [0.15, 0.2) is 102 Å². The summed E-state index contributed by atoms with van der Waals surface area (Å²) < 4.78 is 29.6. The monoisotopic (exact) mass is 725 g/mol. The van der Waals surface area contributed by atoms with Gasteiger partial charge in [-0.2, -0.15) is 0 Å². The summed E-state index contributed by atoms with van der Waals surface area (Å²) >= 11 is 18.9. The number of anilines is 1. The van der Waals surface area contributed by atoms with Crippen molar-refractivity contribution < 1.29 is 18.0 Å². The summed E-state index contributed by atoms with van der Waals surface area (Å²) in [4.78, 5) is 30.4. The number of nitrogens with zero attached hydrogens (tertiary/aromatic N) is 2. The van der Waals surface area contributed by atoms with Crippen LogP contribution in [0.25, 0.3) is 0 Å². The summed E-state index contributed by atoms with van der Waals surface area (Å²) in [5.41, 5.74) is 2.43. The molecule has 0 bridgehead atoms. The van der Waals surface area contributed by atoms with Crippen LogP contribution in [0.5, 0.6) is 0 Å². The maximum atomic E-state index is 14.7. The van der Waals surface area contributed by atoms with E-state index in [0.29, 0.717) is 31.9 Å². The number of aryl methyl sites for hydroxylation is 1. The van der Waals surface area contributed by atoms with Crippen molar-refractivity contribution in [1.82, 2.24) is 10.2 Å². The zero-order chi connectivity index (χ0) is 34.3. The zero-order valence-corrected chi connectivity index (χ0v) is 29.7. The summed E-state index contributed by atoms with van der Waals surface area (Å²) in [6.07, 6.45) is 5.10. The lowest BCUT2D eigenvalue weighted by Gasteiger charge is -2.35. The Bertz CT molecular complexity index is 1830. The van der Waals surface area contributed by atoms with Crippen LogP contribution in [-0.2, 0) is 32.6 Å². The number of amides is 2. The second-order valence-corrected chi connectivity index (χ2v) is 15.2. The van der Waals surface area contributed by atoms with E-state index in [1.807, 2.05) is 30.3 Å². The Labute approximate surface area is 297 Å². The molecule has 4 aromatic carbocycles. The number of para-hydroxylation sites is 1. The van der Waals surface area contributed by atoms with Crippen molar-refractivity contribution in [3.8, 4) is 0 Å². The lowest BCUT2D eigenvalue weighted by molar-refractivity contribution is -0.140. The van der Waals surface area contributed by atoms with Gasteiger partial charge in [-0.05, 0) is 78.9 Å². The number of benzene rings is 4. The molecule has 1 atom stereocenters. The first-order valence-corrected chi connectivity index (χ1v) is 18.5. The summed E-state index contributed by atoms with van der Waals surface area (Å²) in [6.45, 7) is 1.17. The first-order chi connectivity index (χ1) is 23.0. The number of sulfonamides is 1. The summed E-state index contributed by atoms with van der Waals surface area (Å²) in [5.74, 6) is -0.867. The van der Waals surface area contributed by atoms with Crippen molar-refractivity contribution in [3.63, 3.8) is 0 Å². The molecule has 0 heterocycles. The number of hydrogen-bond donors (Lipinski definition) is 1. The highest BCUT2D eigenvalue weighted by Gasteiger charge is 2.36. The highest BCUT2D eigenvalue weighted by atomic mass is 35.5. The summed E-state index contributed by atoms with van der Waals surface area (Å²) in [7, 11) is -4.25. The van der Waals surface area contributed by atoms with E-state index in [-0.39, 0.29) is 29.8 Å². The number of carbonyl (C=O) groups is 2. The van der Waals surface area contributed by atoms with Crippen LogP contribution in [0, 0.1) is 6.92 Å². The Kier molecular flexibility index (Phi) is 12.1. The maximum absolute atomic E-state index is 14.7. The Balaban J connectivity index is 1.59. The van der Waals surface area contributed by atoms with Crippen molar-refractivity contribution >= 4 is 62.3 Å². The minimum atomic E-state index is -4.25. The molecule has 48 heavy (non-hydrogen) atoms. The van der Waals surface area contributed by atoms with Gasteiger partial charge in [-0.15, -0.1) is 0 Å². The predicted molar refractivity (Wildman–Crippen MR) is 193 cm³/mol. The van der Waals surface area contributed by atoms with Gasteiger partial charge in [0.25, 0.3) is 10.0 Å². The zero-order valence-electron chi connectivity index (χ0n) is 26.6. The lowest BCUT2D eigenvalue weighted by Crippen LogP contribution is -2.55. The van der Waals surface area contributed by atoms with Gasteiger partial charge in [-0.25, -0.2) is 8.42 Å². The van der Waals surface area contributed by atoms with Gasteiger partial charge in [0.05, 0.1) is 10.6 Å². The third-order valence-electron chi connectivity index (χ3n) is 8.64. The molecule has 7 nitrogen and oxygen atoms in total. The number of hydrogen-bond acceptors (Lipinski definition) is 4. The van der Waals surface area contributed by atoms with Gasteiger partial charge in [0.1, 0.15) is 12.6 Å². The normalized spacial score (nSPS) is 14.2. The molecule has 1 saturated carbocycles. The summed E-state index contributed by atoms with van der Waals surface area (Å²) in [6, 6.07) is 26.2. The van der Waals surface area contributed by atoms with Crippen LogP contribution in [0.4, 0.5) is 5.69 Å². The molecule has 5 rings (SSSR count). The van der Waals surface area contributed by atoms with Gasteiger partial charge >= 0.3 is 0 Å². The fraction of sp³-hybridized carbons (Fsp3) is 0.297. The topological polar surface area (TPSA) is 86.8 Å². The van der Waals surface area contributed by atoms with Gasteiger partial charge in [0, 0.05) is 34.1 Å². The SMILES string of the molecule is Cc1ccccc1N(CC(=O)N(Cc1ccc(Cl)cc1Cl)C(Cc1ccccc1)C(=O)NC1CCCCC1)S(=O)(=O)c1ccc(Cl)cc1. The van der Waals surface area contributed by atoms with Gasteiger partial charge in [-0.3, -0.25) is 13.9 Å². The van der Waals surface area contributed by atoms with Gasteiger partial charge in [0.15, 0.2) is 0 Å². The highest BCUT2D eigenvalue weighted by molar-refractivity contribution is 7.92. The molecular formula is C37H38Cl3N3O4S. The highest BCUT2D eigenvalue weighted by Crippen LogP contribution is 2.29. The maximum Gasteiger partial charge on any atom is 0.264 e. The van der Waals surface area contributed by atoms with Crippen molar-refractivity contribution in [2.24, 2.45) is 0 Å². The fourth-order valence-electron chi connectivity index (χ4n) is 6.02. The van der Waals surface area contributed by atoms with E-state index in [1.165, 1.54) is 29.2 Å². The van der Waals surface area contributed by atoms with Gasteiger partial charge in [-0.1, -0.05) is 109 Å². The smallest absolute Gasteiger partial charge is 0.264 e. The Morgan fingerprint density at radius 1 is 0.833 bits per heavy atom. The molecule has 0 aliphatic heterocycles. The molecule has 11 heteroatoms. The minimum absolute atomic E-state index is 0.00524. The van der Waals surface area contributed by atoms with Crippen LogP contribution in [0.2, 0.25) is 15.1 Å². The lowest BCUT2D eigenvalue weighted by atomic mass is 9.94. The van der Waals surface area contributed by atoms with E-state index >= 15 is 0 Å². The third kappa shape index (κ3) is 8.91. The second-order valence-electron chi connectivity index (χ2n) is 12.1. The van der Waals surface area contributed by atoms with Crippen LogP contribution < -0.4 is 9.62 Å². The third-order valence-corrected chi connectivity index (χ3v) is 11.3. The quantitative estimate of drug-likeness (QED) is 0.159. The van der Waals surface area contributed by atoms with Crippen LogP contribution in [0.3, 0.4) is 0 Å². The van der Waals surface area contributed by atoms with Gasteiger partial charge in [0.2, 0.25) is 11.8 Å². The molecule has 0 aromatic heterocycles. The molecular weight excluding hydrogens is 689 g/mol. The number of nitrogens with one attached hydrogen (secondary N) is 1. The molecule has 2 amide bonds. The Morgan fingerprint density at radius 3 is 2.15 bits per heavy atom. The first kappa shape index (κ1) is 35.7. The molecule has 1 aliphatic rings. The van der Waals surface area contributed by atoms with E-state index in [9.17, 15) is 18.0 Å². The number of carbonyl (C=O) groups excluding carboxylic acids is 2. The van der Waals surface area contributed by atoms with Crippen molar-refractivity contribution in [2.75, 3.05) is 10.8 Å². The van der Waals surface area contributed by atoms with E-state index in [1.54, 1.807) is 49.4 Å². The molecule has 0 radical (unpaired) electrons. The standard InChI is InChI=1S/C37H38Cl3N3O4S/c1-26-10-8-9-15-34(26)43(48(46,47)32-20-18-29(38)19-21-32)25-36(44)42(24-28-16-17-30(39)23-33(28)40)35(22-27-11-4-2-5-12-27)37(45)41-31-13-6-3-7-14-31/h2,4-5,8-12,15-21,23,31,35H,3,6-7,13-14,22,24-25H2,1H3,(H,41,45). The van der Waals surface area contributed by atoms with E-state index in [4.69, 9.17) is 34.8 Å². The van der Waals surface area contributed by atoms with E-state index in [0.717, 1.165) is 42.0 Å². The van der Waals surface area contributed by atoms with Crippen LogP contribution in [-0.4, -0.2) is 43.8 Å². The van der Waals surface area contributed by atoms with Crippen molar-refractivity contribution in [2.45, 2.75) is 69.0 Å². The Hall–Kier alpha value is -3.56. The molecule has 0 saturated heterocycles. The second kappa shape index (κ2) is 16.2. The average molecular weight is 727 g/mol. The van der Waals surface area contributed by atoms with Crippen LogP contribution >= 0.6 is 34.8 Å². The van der Waals surface area contributed by atoms with Crippen molar-refractivity contribution in [1.29, 1.82) is 0 Å². The first-order valence-electron chi connectivity index (χ1n) is 15.9. The predicted octanol–water partition coefficient (Wildman–Crippen LogP) is 8.24. The average Bonchev–Trinajstić information content (AvgIpc) is 3.07. The minimum Gasteiger partial charge on any atom is -0.352 e. The molecule has 1 aliphatic carbocycles. The van der Waals surface area contributed by atoms with E-state index in [2.05, 4.69) is 5.32 Å². The molecule has 0 spiro atoms. The van der Waals surface area contributed by atoms with Crippen LogP contribution in [0.1, 0.15) is 48.8 Å². The fourth-order valence-corrected chi connectivity index (χ4v) is 8.10. The molecule has 1 unspecified atom stereocenters. The molecule has 252 valence electrons. The molecule has 1 fully saturated rings. The Morgan fingerprint density at radius 2 is 1.48 bits per heavy atom. The summed E-state index contributed by atoms with van der Waals surface area (Å²) in [5, 5.41) is 4.35. The largest absolute Gasteiger partial charge is 0.352 e. The molecule has 4 aromatic rings. The molecule has 1 N–H and O–H groups in total. The van der Waals surface area contributed by atoms with Gasteiger partial charge < -0.3 is 10.2 Å². The number of halogens is 3. The van der Waals surface area contributed by atoms with E-state index < -0.39 is 28.5 Å². The van der Waals surface area contributed by atoms with Crippen molar-refractivity contribution in [3.05, 3.63) is 129 Å². The number of rotatable bonds is 12.